The molecule has 1 rings (SSSR count). The molecule has 0 amide bonds. The number of alkyl halides is 3. The molecule has 1 unspecified atom stereocenters. The van der Waals surface area contributed by atoms with Gasteiger partial charge in [-0.25, -0.2) is 0 Å². The molecule has 1 fully saturated rings. The normalized spacial score (nSPS) is 19.2. The topological polar surface area (TPSA) is 12.0 Å². The van der Waals surface area contributed by atoms with Crippen molar-refractivity contribution in [2.75, 3.05) is 12.3 Å². The minimum absolute atomic E-state index is 0.0994. The fourth-order valence-electron chi connectivity index (χ4n) is 1.41. The van der Waals surface area contributed by atoms with Crippen LogP contribution in [0.15, 0.2) is 0 Å². The molecule has 0 aromatic heterocycles. The van der Waals surface area contributed by atoms with Crippen molar-refractivity contribution in [2.45, 2.75) is 44.2 Å². The van der Waals surface area contributed by atoms with Crippen molar-refractivity contribution < 1.29 is 13.2 Å². The fourth-order valence-corrected chi connectivity index (χ4v) is 2.10. The number of rotatable bonds is 7. The Labute approximate surface area is 93.2 Å². The van der Waals surface area contributed by atoms with Crippen LogP contribution in [-0.4, -0.2) is 23.8 Å². The second-order valence-corrected chi connectivity index (χ2v) is 5.20. The van der Waals surface area contributed by atoms with E-state index in [2.05, 4.69) is 5.32 Å². The highest BCUT2D eigenvalue weighted by molar-refractivity contribution is 8.00. The second kappa shape index (κ2) is 5.99. The Morgan fingerprint density at radius 1 is 1.40 bits per heavy atom. The average Bonchev–Trinajstić information content (AvgIpc) is 2.92. The predicted molar refractivity (Wildman–Crippen MR) is 57.9 cm³/mol. The van der Waals surface area contributed by atoms with Gasteiger partial charge in [0, 0.05) is 11.8 Å². The summed E-state index contributed by atoms with van der Waals surface area (Å²) in [5.74, 6) is 0.578. The van der Waals surface area contributed by atoms with Gasteiger partial charge in [-0.2, -0.15) is 13.2 Å². The standard InChI is InChI=1S/C10H18F3NS/c1-2-8(7-14-9-3-4-9)5-6-15-10(11,12)13/h8-9,14H,2-7H2,1H3. The van der Waals surface area contributed by atoms with Crippen LogP contribution in [0, 0.1) is 5.92 Å². The van der Waals surface area contributed by atoms with Gasteiger partial charge in [0.25, 0.3) is 0 Å². The molecule has 0 spiro atoms. The highest BCUT2D eigenvalue weighted by Crippen LogP contribution is 2.31. The molecule has 0 saturated heterocycles. The SMILES string of the molecule is CCC(CCSC(F)(F)F)CNC1CC1. The van der Waals surface area contributed by atoms with Crippen molar-refractivity contribution in [3.8, 4) is 0 Å². The lowest BCUT2D eigenvalue weighted by atomic mass is 10.0. The lowest BCUT2D eigenvalue weighted by Gasteiger charge is -2.15. The average molecular weight is 241 g/mol. The maximum Gasteiger partial charge on any atom is 0.441 e. The van der Waals surface area contributed by atoms with Crippen LogP contribution in [0.1, 0.15) is 32.6 Å². The van der Waals surface area contributed by atoms with Crippen LogP contribution in [0.2, 0.25) is 0 Å². The van der Waals surface area contributed by atoms with Crippen LogP contribution in [-0.2, 0) is 0 Å². The first kappa shape index (κ1) is 13.2. The zero-order valence-corrected chi connectivity index (χ0v) is 9.76. The highest BCUT2D eigenvalue weighted by atomic mass is 32.2. The summed E-state index contributed by atoms with van der Waals surface area (Å²) >= 11 is 0.0994. The Morgan fingerprint density at radius 2 is 2.07 bits per heavy atom. The van der Waals surface area contributed by atoms with E-state index in [-0.39, 0.29) is 17.5 Å². The van der Waals surface area contributed by atoms with Gasteiger partial charge in [-0.1, -0.05) is 25.1 Å². The third-order valence-corrected chi connectivity index (χ3v) is 3.41. The first-order valence-corrected chi connectivity index (χ1v) is 6.44. The molecule has 0 aromatic rings. The van der Waals surface area contributed by atoms with Gasteiger partial charge in [-0.05, 0) is 31.7 Å². The molecular formula is C10H18F3NS. The molecule has 0 bridgehead atoms. The third kappa shape index (κ3) is 7.06. The molecular weight excluding hydrogens is 223 g/mol. The van der Waals surface area contributed by atoms with E-state index in [1.165, 1.54) is 12.8 Å². The molecule has 1 atom stereocenters. The van der Waals surface area contributed by atoms with Gasteiger partial charge in [0.1, 0.15) is 0 Å². The Kier molecular flexibility index (Phi) is 5.26. The summed E-state index contributed by atoms with van der Waals surface area (Å²) in [4.78, 5) is 0. The number of halogens is 3. The van der Waals surface area contributed by atoms with E-state index >= 15 is 0 Å². The van der Waals surface area contributed by atoms with Crippen LogP contribution in [0.4, 0.5) is 13.2 Å². The Morgan fingerprint density at radius 3 is 2.53 bits per heavy atom. The van der Waals surface area contributed by atoms with Gasteiger partial charge in [0.2, 0.25) is 0 Å². The molecule has 0 radical (unpaired) electrons. The second-order valence-electron chi connectivity index (χ2n) is 4.04. The van der Waals surface area contributed by atoms with E-state index in [9.17, 15) is 13.2 Å². The number of thioether (sulfide) groups is 1. The smallest absolute Gasteiger partial charge is 0.314 e. The number of nitrogens with one attached hydrogen (secondary N) is 1. The van der Waals surface area contributed by atoms with E-state index in [1.54, 1.807) is 0 Å². The maximum atomic E-state index is 11.9. The Balaban J connectivity index is 2.04. The van der Waals surface area contributed by atoms with Gasteiger partial charge >= 0.3 is 5.51 Å². The van der Waals surface area contributed by atoms with Gasteiger partial charge in [0.15, 0.2) is 0 Å². The molecule has 5 heteroatoms. The minimum Gasteiger partial charge on any atom is -0.314 e. The summed E-state index contributed by atoms with van der Waals surface area (Å²) in [7, 11) is 0. The van der Waals surface area contributed by atoms with Gasteiger partial charge < -0.3 is 5.32 Å². The fraction of sp³-hybridized carbons (Fsp3) is 1.00. The monoisotopic (exact) mass is 241 g/mol. The zero-order valence-electron chi connectivity index (χ0n) is 8.94. The van der Waals surface area contributed by atoms with Crippen molar-refractivity contribution in [1.82, 2.24) is 5.32 Å². The highest BCUT2D eigenvalue weighted by Gasteiger charge is 2.28. The van der Waals surface area contributed by atoms with E-state index in [0.29, 0.717) is 18.4 Å². The van der Waals surface area contributed by atoms with Crippen molar-refractivity contribution in [3.63, 3.8) is 0 Å². The molecule has 0 aliphatic heterocycles. The quantitative estimate of drug-likeness (QED) is 0.733. The van der Waals surface area contributed by atoms with Gasteiger partial charge in [-0.15, -0.1) is 0 Å². The van der Waals surface area contributed by atoms with Crippen molar-refractivity contribution in [2.24, 2.45) is 5.92 Å². The van der Waals surface area contributed by atoms with Gasteiger partial charge in [0.05, 0.1) is 0 Å². The summed E-state index contributed by atoms with van der Waals surface area (Å²) in [6.45, 7) is 2.91. The van der Waals surface area contributed by atoms with Crippen LogP contribution in [0.25, 0.3) is 0 Å². The number of hydrogen-bond donors (Lipinski definition) is 1. The maximum absolute atomic E-state index is 11.9. The van der Waals surface area contributed by atoms with Crippen molar-refractivity contribution in [3.05, 3.63) is 0 Å². The minimum atomic E-state index is -4.07. The van der Waals surface area contributed by atoms with Crippen LogP contribution in [0.3, 0.4) is 0 Å². The predicted octanol–water partition coefficient (Wildman–Crippen LogP) is 3.41. The molecule has 1 aliphatic carbocycles. The molecule has 1 aliphatic rings. The van der Waals surface area contributed by atoms with E-state index < -0.39 is 5.51 Å². The molecule has 0 aromatic carbocycles. The van der Waals surface area contributed by atoms with E-state index in [1.807, 2.05) is 6.92 Å². The van der Waals surface area contributed by atoms with Crippen molar-refractivity contribution in [1.29, 1.82) is 0 Å². The van der Waals surface area contributed by atoms with E-state index in [0.717, 1.165) is 13.0 Å². The lowest BCUT2D eigenvalue weighted by molar-refractivity contribution is -0.0328. The first-order valence-electron chi connectivity index (χ1n) is 5.45. The largest absolute Gasteiger partial charge is 0.441 e. The van der Waals surface area contributed by atoms with Crippen LogP contribution < -0.4 is 5.32 Å². The zero-order chi connectivity index (χ0) is 11.3. The molecule has 1 saturated carbocycles. The summed E-state index contributed by atoms with van der Waals surface area (Å²) in [5.41, 5.74) is -4.07. The summed E-state index contributed by atoms with van der Waals surface area (Å²) in [6, 6.07) is 0.648. The Bertz CT molecular complexity index is 180. The molecule has 90 valence electrons. The summed E-state index contributed by atoms with van der Waals surface area (Å²) < 4.78 is 35.6. The van der Waals surface area contributed by atoms with Crippen LogP contribution >= 0.6 is 11.8 Å². The first-order chi connectivity index (χ1) is 7.01. The molecule has 0 heterocycles. The van der Waals surface area contributed by atoms with Gasteiger partial charge in [-0.3, -0.25) is 0 Å². The Hall–Kier alpha value is 0.1000. The summed E-state index contributed by atoms with van der Waals surface area (Å²) in [5, 5.41) is 3.36. The van der Waals surface area contributed by atoms with Crippen molar-refractivity contribution >= 4 is 11.8 Å². The summed E-state index contributed by atoms with van der Waals surface area (Å²) in [6.07, 6.45) is 4.07. The molecule has 15 heavy (non-hydrogen) atoms. The third-order valence-electron chi connectivity index (χ3n) is 2.64. The van der Waals surface area contributed by atoms with Crippen LogP contribution in [0.5, 0.6) is 0 Å². The van der Waals surface area contributed by atoms with E-state index in [4.69, 9.17) is 0 Å². The number of hydrogen-bond acceptors (Lipinski definition) is 2. The molecule has 1 nitrogen and oxygen atoms in total. The molecule has 1 N–H and O–H groups in total. The lowest BCUT2D eigenvalue weighted by Crippen LogP contribution is -2.25.